The van der Waals surface area contributed by atoms with Crippen molar-refractivity contribution in [3.63, 3.8) is 0 Å². The lowest BCUT2D eigenvalue weighted by atomic mass is 10.1. The minimum Gasteiger partial charge on any atom is -0.492 e. The number of benzene rings is 2. The summed E-state index contributed by atoms with van der Waals surface area (Å²) in [4.78, 5) is 18.4. The van der Waals surface area contributed by atoms with Crippen LogP contribution in [-0.2, 0) is 4.74 Å². The number of likely N-dealkylation sites (tertiary alicyclic amines) is 1. The third-order valence-electron chi connectivity index (χ3n) is 7.27. The van der Waals surface area contributed by atoms with Gasteiger partial charge in [-0.15, -0.1) is 0 Å². The fraction of sp³-hybridized carbons (Fsp3) is 0.367. The minimum absolute atomic E-state index is 0.293. The molecule has 9 nitrogen and oxygen atoms in total. The molecule has 2 aliphatic heterocycles. The van der Waals surface area contributed by atoms with Crippen molar-refractivity contribution in [3.05, 3.63) is 67.0 Å². The molecule has 0 radical (unpaired) electrons. The number of nitrogens with zero attached hydrogens (tertiary/aromatic N) is 5. The third kappa shape index (κ3) is 6.47. The molecule has 0 atom stereocenters. The predicted octanol–water partition coefficient (Wildman–Crippen LogP) is 4.21. The number of ether oxygens (including phenoxy) is 2. The van der Waals surface area contributed by atoms with Crippen LogP contribution in [0, 0.1) is 0 Å². The van der Waals surface area contributed by atoms with Gasteiger partial charge in [-0.25, -0.2) is 14.4 Å². The van der Waals surface area contributed by atoms with E-state index in [0.29, 0.717) is 25.1 Å². The number of hydrogen-bond acceptors (Lipinski definition) is 9. The van der Waals surface area contributed by atoms with E-state index in [1.807, 2.05) is 60.8 Å². The molecule has 0 amide bonds. The fourth-order valence-corrected chi connectivity index (χ4v) is 5.07. The van der Waals surface area contributed by atoms with Crippen molar-refractivity contribution >= 4 is 28.2 Å². The fourth-order valence-electron chi connectivity index (χ4n) is 5.07. The second kappa shape index (κ2) is 12.5. The van der Waals surface area contributed by atoms with Crippen LogP contribution < -0.4 is 15.4 Å². The van der Waals surface area contributed by atoms with Crippen LogP contribution in [-0.4, -0.2) is 96.6 Å². The monoisotopic (exact) mass is 543 g/mol. The van der Waals surface area contributed by atoms with Gasteiger partial charge >= 0.3 is 0 Å². The average Bonchev–Trinajstić information content (AvgIpc) is 2.97. The molecule has 2 aromatic carbocycles. The summed E-state index contributed by atoms with van der Waals surface area (Å²) >= 11 is 0. The Morgan fingerprint density at radius 1 is 0.950 bits per heavy atom. The Kier molecular flexibility index (Phi) is 8.27. The summed E-state index contributed by atoms with van der Waals surface area (Å²) in [5.41, 5.74) is 4.47. The van der Waals surface area contributed by atoms with Crippen molar-refractivity contribution in [2.45, 2.75) is 6.04 Å². The highest BCUT2D eigenvalue weighted by atomic mass is 19.1. The number of para-hydroxylation sites is 1. The number of hydrogen-bond donors (Lipinski definition) is 2. The van der Waals surface area contributed by atoms with Crippen molar-refractivity contribution in [2.24, 2.45) is 0 Å². The summed E-state index contributed by atoms with van der Waals surface area (Å²) in [6.07, 6.45) is 3.60. The molecule has 4 heterocycles. The van der Waals surface area contributed by atoms with E-state index in [2.05, 4.69) is 30.4 Å². The van der Waals surface area contributed by atoms with Gasteiger partial charge in [0.25, 0.3) is 0 Å². The van der Waals surface area contributed by atoms with E-state index in [1.54, 1.807) is 6.20 Å². The SMILES string of the molecule is FCCN1CC(Nc2ccc(Nc3ncc4cccc(-c5cc(OCCN6CCOCC6)ccn5)c4n3)cc2)C1. The molecule has 10 heteroatoms. The molecule has 6 rings (SSSR count). The zero-order valence-corrected chi connectivity index (χ0v) is 22.4. The Hall–Kier alpha value is -3.86. The van der Waals surface area contributed by atoms with Gasteiger partial charge in [0, 0.05) is 80.1 Å². The van der Waals surface area contributed by atoms with Crippen molar-refractivity contribution in [1.82, 2.24) is 24.8 Å². The number of pyridine rings is 1. The van der Waals surface area contributed by atoms with Gasteiger partial charge in [-0.05, 0) is 30.3 Å². The van der Waals surface area contributed by atoms with Gasteiger partial charge in [0.1, 0.15) is 19.0 Å². The molecule has 4 aromatic rings. The van der Waals surface area contributed by atoms with Crippen LogP contribution >= 0.6 is 0 Å². The van der Waals surface area contributed by atoms with Gasteiger partial charge < -0.3 is 20.1 Å². The first-order valence-corrected chi connectivity index (χ1v) is 13.8. The maximum Gasteiger partial charge on any atom is 0.227 e. The lowest BCUT2D eigenvalue weighted by molar-refractivity contribution is 0.0322. The van der Waals surface area contributed by atoms with Crippen molar-refractivity contribution in [3.8, 4) is 17.0 Å². The highest BCUT2D eigenvalue weighted by molar-refractivity contribution is 5.93. The summed E-state index contributed by atoms with van der Waals surface area (Å²) in [6.45, 7) is 6.90. The zero-order chi connectivity index (χ0) is 27.1. The number of aromatic nitrogens is 3. The minimum atomic E-state index is -0.293. The summed E-state index contributed by atoms with van der Waals surface area (Å²) in [6, 6.07) is 18.3. The van der Waals surface area contributed by atoms with E-state index in [9.17, 15) is 4.39 Å². The number of anilines is 3. The Labute approximate surface area is 233 Å². The molecule has 0 saturated carbocycles. The molecule has 0 unspecified atom stereocenters. The Morgan fingerprint density at radius 3 is 2.60 bits per heavy atom. The van der Waals surface area contributed by atoms with Crippen molar-refractivity contribution < 1.29 is 13.9 Å². The normalized spacial score (nSPS) is 16.5. The van der Waals surface area contributed by atoms with Crippen LogP contribution in [0.5, 0.6) is 5.75 Å². The predicted molar refractivity (Wildman–Crippen MR) is 155 cm³/mol. The second-order valence-corrected chi connectivity index (χ2v) is 10.1. The smallest absolute Gasteiger partial charge is 0.227 e. The van der Waals surface area contributed by atoms with Crippen LogP contribution in [0.4, 0.5) is 21.7 Å². The van der Waals surface area contributed by atoms with Gasteiger partial charge in [0.05, 0.1) is 30.5 Å². The number of halogens is 1. The van der Waals surface area contributed by atoms with Gasteiger partial charge in [0.2, 0.25) is 5.95 Å². The van der Waals surface area contributed by atoms with Crippen molar-refractivity contribution in [2.75, 3.05) is 76.4 Å². The van der Waals surface area contributed by atoms with Crippen molar-refractivity contribution in [1.29, 1.82) is 0 Å². The molecule has 0 spiro atoms. The quantitative estimate of drug-likeness (QED) is 0.289. The Balaban J connectivity index is 1.12. The molecule has 2 saturated heterocycles. The molecule has 0 aliphatic carbocycles. The molecule has 2 aliphatic rings. The molecule has 0 bridgehead atoms. The molecular formula is C30H34FN7O2. The maximum atomic E-state index is 12.5. The molecule has 208 valence electrons. The zero-order valence-electron chi connectivity index (χ0n) is 22.4. The van der Waals surface area contributed by atoms with Crippen LogP contribution in [0.15, 0.2) is 67.0 Å². The summed E-state index contributed by atoms with van der Waals surface area (Å²) in [7, 11) is 0. The highest BCUT2D eigenvalue weighted by Gasteiger charge is 2.25. The van der Waals surface area contributed by atoms with E-state index in [1.165, 1.54) is 0 Å². The standard InChI is InChI=1S/C30H34FN7O2/c31-9-11-38-20-25(21-38)34-23-4-6-24(7-5-23)35-30-33-19-22-2-1-3-27(29(22)36-30)28-18-26(8-10-32-28)40-17-14-37-12-15-39-16-13-37/h1-8,10,18-19,25,34H,9,11-17,20-21H2,(H,33,35,36). The van der Waals surface area contributed by atoms with Crippen LogP contribution in [0.2, 0.25) is 0 Å². The molecular weight excluding hydrogens is 509 g/mol. The van der Waals surface area contributed by atoms with Crippen LogP contribution in [0.3, 0.4) is 0 Å². The lowest BCUT2D eigenvalue weighted by Crippen LogP contribution is -2.55. The number of rotatable bonds is 11. The topological polar surface area (TPSA) is 87.7 Å². The largest absolute Gasteiger partial charge is 0.492 e. The molecule has 2 N–H and O–H groups in total. The number of alkyl halides is 1. The first-order chi connectivity index (χ1) is 19.7. The summed E-state index contributed by atoms with van der Waals surface area (Å²) < 4.78 is 23.9. The first kappa shape index (κ1) is 26.4. The molecule has 40 heavy (non-hydrogen) atoms. The lowest BCUT2D eigenvalue weighted by Gasteiger charge is -2.39. The van der Waals surface area contributed by atoms with Crippen LogP contribution in [0.1, 0.15) is 0 Å². The van der Waals surface area contributed by atoms with E-state index in [-0.39, 0.29) is 6.67 Å². The maximum absolute atomic E-state index is 12.5. The van der Waals surface area contributed by atoms with E-state index in [0.717, 1.165) is 85.2 Å². The molecule has 2 fully saturated rings. The third-order valence-corrected chi connectivity index (χ3v) is 7.27. The second-order valence-electron chi connectivity index (χ2n) is 10.1. The van der Waals surface area contributed by atoms with E-state index >= 15 is 0 Å². The van der Waals surface area contributed by atoms with Gasteiger partial charge in [-0.1, -0.05) is 18.2 Å². The average molecular weight is 544 g/mol. The number of fused-ring (bicyclic) bond motifs is 1. The highest BCUT2D eigenvalue weighted by Crippen LogP contribution is 2.29. The van der Waals surface area contributed by atoms with Crippen LogP contribution in [0.25, 0.3) is 22.2 Å². The Morgan fingerprint density at radius 2 is 1.77 bits per heavy atom. The van der Waals surface area contributed by atoms with Gasteiger partial charge in [-0.3, -0.25) is 14.8 Å². The number of nitrogens with one attached hydrogen (secondary N) is 2. The van der Waals surface area contributed by atoms with E-state index < -0.39 is 0 Å². The Bertz CT molecular complexity index is 1410. The number of morpholine rings is 1. The first-order valence-electron chi connectivity index (χ1n) is 13.8. The van der Waals surface area contributed by atoms with E-state index in [4.69, 9.17) is 14.5 Å². The molecule has 2 aromatic heterocycles. The van der Waals surface area contributed by atoms with Gasteiger partial charge in [-0.2, -0.15) is 0 Å². The van der Waals surface area contributed by atoms with Gasteiger partial charge in [0.15, 0.2) is 0 Å². The summed E-state index contributed by atoms with van der Waals surface area (Å²) in [5, 5.41) is 7.75. The summed E-state index contributed by atoms with van der Waals surface area (Å²) in [5.74, 6) is 1.30.